The van der Waals surface area contributed by atoms with Gasteiger partial charge in [0.2, 0.25) is 0 Å². The number of nitrogens with one attached hydrogen (secondary N) is 2. The van der Waals surface area contributed by atoms with Crippen LogP contribution in [0.4, 0.5) is 10.5 Å². The Morgan fingerprint density at radius 2 is 1.71 bits per heavy atom. The number of carbonyl (C=O) groups excluding carboxylic acids is 1. The predicted molar refractivity (Wildman–Crippen MR) is 80.2 cm³/mol. The molecule has 0 aliphatic carbocycles. The van der Waals surface area contributed by atoms with Crippen molar-refractivity contribution in [1.29, 1.82) is 0 Å². The third-order valence-corrected chi connectivity index (χ3v) is 3.81. The summed E-state index contributed by atoms with van der Waals surface area (Å²) in [6.45, 7) is 4.19. The molecule has 1 saturated heterocycles. The average Bonchev–Trinajstić information content (AvgIpc) is 2.43. The molecule has 0 bridgehead atoms. The maximum absolute atomic E-state index is 12.0. The highest BCUT2D eigenvalue weighted by atomic mass is 16.4. The highest BCUT2D eigenvalue weighted by molar-refractivity contribution is 5.91. The van der Waals surface area contributed by atoms with Gasteiger partial charge in [-0.2, -0.15) is 0 Å². The number of rotatable bonds is 3. The van der Waals surface area contributed by atoms with Crippen molar-refractivity contribution in [3.05, 3.63) is 29.8 Å². The molecule has 0 saturated carbocycles. The van der Waals surface area contributed by atoms with Crippen LogP contribution in [0.2, 0.25) is 0 Å². The van der Waals surface area contributed by atoms with Gasteiger partial charge in [0, 0.05) is 17.8 Å². The molecule has 1 aliphatic heterocycles. The maximum Gasteiger partial charge on any atom is 0.335 e. The van der Waals surface area contributed by atoms with Crippen LogP contribution >= 0.6 is 0 Å². The van der Waals surface area contributed by atoms with Crippen molar-refractivity contribution in [2.75, 3.05) is 5.32 Å². The molecule has 0 spiro atoms. The fourth-order valence-corrected chi connectivity index (χ4v) is 2.61. The molecule has 6 nitrogen and oxygen atoms in total. The third kappa shape index (κ3) is 3.95. The van der Waals surface area contributed by atoms with Crippen LogP contribution in [0.15, 0.2) is 24.3 Å². The normalized spacial score (nSPS) is 22.6. The number of anilines is 1. The van der Waals surface area contributed by atoms with Crippen LogP contribution in [0.5, 0.6) is 0 Å². The average molecular weight is 291 g/mol. The minimum absolute atomic E-state index is 0.194. The number of aromatic carboxylic acids is 1. The second-order valence-corrected chi connectivity index (χ2v) is 5.48. The van der Waals surface area contributed by atoms with E-state index in [2.05, 4.69) is 24.6 Å². The van der Waals surface area contributed by atoms with Crippen LogP contribution in [0.1, 0.15) is 43.5 Å². The van der Waals surface area contributed by atoms with E-state index in [-0.39, 0.29) is 11.6 Å². The van der Waals surface area contributed by atoms with Gasteiger partial charge in [0.15, 0.2) is 0 Å². The minimum Gasteiger partial charge on any atom is -0.478 e. The molecule has 2 atom stereocenters. The Morgan fingerprint density at radius 3 is 2.24 bits per heavy atom. The molecule has 1 fully saturated rings. The number of hydrazine groups is 1. The Labute approximate surface area is 124 Å². The first-order valence-corrected chi connectivity index (χ1v) is 7.16. The van der Waals surface area contributed by atoms with Gasteiger partial charge in [-0.15, -0.1) is 0 Å². The number of hydrogen-bond donors (Lipinski definition) is 3. The van der Waals surface area contributed by atoms with Crippen LogP contribution in [-0.2, 0) is 0 Å². The highest BCUT2D eigenvalue weighted by Gasteiger charge is 2.25. The van der Waals surface area contributed by atoms with Gasteiger partial charge in [0.05, 0.1) is 5.56 Å². The molecule has 1 aromatic rings. The van der Waals surface area contributed by atoms with E-state index >= 15 is 0 Å². The van der Waals surface area contributed by atoms with Gasteiger partial charge in [-0.3, -0.25) is 5.43 Å². The smallest absolute Gasteiger partial charge is 0.335 e. The monoisotopic (exact) mass is 291 g/mol. The summed E-state index contributed by atoms with van der Waals surface area (Å²) in [6.07, 6.45) is 3.31. The number of piperidine rings is 1. The molecule has 1 aromatic carbocycles. The second kappa shape index (κ2) is 6.58. The molecule has 2 rings (SSSR count). The molecule has 3 N–H and O–H groups in total. The van der Waals surface area contributed by atoms with Gasteiger partial charge in [0.25, 0.3) is 0 Å². The van der Waals surface area contributed by atoms with Gasteiger partial charge in [-0.25, -0.2) is 14.6 Å². The van der Waals surface area contributed by atoms with E-state index in [4.69, 9.17) is 5.11 Å². The zero-order chi connectivity index (χ0) is 15.4. The molecule has 0 aromatic heterocycles. The van der Waals surface area contributed by atoms with E-state index in [1.807, 2.05) is 5.01 Å². The summed E-state index contributed by atoms with van der Waals surface area (Å²) in [5.74, 6) is -0.984. The van der Waals surface area contributed by atoms with Crippen molar-refractivity contribution < 1.29 is 14.7 Å². The maximum atomic E-state index is 12.0. The second-order valence-electron chi connectivity index (χ2n) is 5.48. The lowest BCUT2D eigenvalue weighted by molar-refractivity contribution is 0.0625. The summed E-state index contributed by atoms with van der Waals surface area (Å²) in [5.41, 5.74) is 3.63. The summed E-state index contributed by atoms with van der Waals surface area (Å²) in [6, 6.07) is 6.40. The zero-order valence-electron chi connectivity index (χ0n) is 12.3. The first kappa shape index (κ1) is 15.3. The Morgan fingerprint density at radius 1 is 1.14 bits per heavy atom. The van der Waals surface area contributed by atoms with E-state index in [1.165, 1.54) is 18.6 Å². The van der Waals surface area contributed by atoms with Crippen molar-refractivity contribution in [2.24, 2.45) is 0 Å². The fourth-order valence-electron chi connectivity index (χ4n) is 2.61. The number of nitrogens with zero attached hydrogens (tertiary/aromatic N) is 1. The molecule has 2 amide bonds. The topological polar surface area (TPSA) is 81.7 Å². The van der Waals surface area contributed by atoms with Crippen LogP contribution in [0, 0.1) is 0 Å². The first-order valence-electron chi connectivity index (χ1n) is 7.16. The van der Waals surface area contributed by atoms with Crippen LogP contribution < -0.4 is 10.7 Å². The number of hydrogen-bond acceptors (Lipinski definition) is 3. The Bertz CT molecular complexity index is 505. The fraction of sp³-hybridized carbons (Fsp3) is 0.467. The zero-order valence-corrected chi connectivity index (χ0v) is 12.3. The SMILES string of the molecule is CC1CCCC(C)N1NC(=O)Nc1ccc(C(=O)O)cc1. The first-order chi connectivity index (χ1) is 9.97. The summed E-state index contributed by atoms with van der Waals surface area (Å²) >= 11 is 0. The van der Waals surface area contributed by atoms with E-state index in [1.54, 1.807) is 12.1 Å². The summed E-state index contributed by atoms with van der Waals surface area (Å²) in [5, 5.41) is 13.5. The van der Waals surface area contributed by atoms with E-state index in [0.29, 0.717) is 17.8 Å². The van der Waals surface area contributed by atoms with Crippen molar-refractivity contribution in [3.63, 3.8) is 0 Å². The molecule has 114 valence electrons. The molecular weight excluding hydrogens is 270 g/mol. The molecule has 0 radical (unpaired) electrons. The lowest BCUT2D eigenvalue weighted by Gasteiger charge is -2.38. The third-order valence-electron chi connectivity index (χ3n) is 3.81. The molecule has 21 heavy (non-hydrogen) atoms. The van der Waals surface area contributed by atoms with Crippen molar-refractivity contribution in [3.8, 4) is 0 Å². The minimum atomic E-state index is -0.984. The number of carboxylic acid groups (broad SMARTS) is 1. The van der Waals surface area contributed by atoms with E-state index < -0.39 is 5.97 Å². The number of carboxylic acids is 1. The van der Waals surface area contributed by atoms with E-state index in [9.17, 15) is 9.59 Å². The summed E-state index contributed by atoms with van der Waals surface area (Å²) in [4.78, 5) is 22.8. The molecule has 1 aliphatic rings. The Hall–Kier alpha value is -2.08. The lowest BCUT2D eigenvalue weighted by Crippen LogP contribution is -2.55. The van der Waals surface area contributed by atoms with Crippen molar-refractivity contribution in [1.82, 2.24) is 10.4 Å². The number of urea groups is 1. The number of benzene rings is 1. The van der Waals surface area contributed by atoms with Gasteiger partial charge >= 0.3 is 12.0 Å². The Kier molecular flexibility index (Phi) is 4.80. The van der Waals surface area contributed by atoms with Gasteiger partial charge in [0.1, 0.15) is 0 Å². The quantitative estimate of drug-likeness (QED) is 0.799. The predicted octanol–water partition coefficient (Wildman–Crippen LogP) is 2.68. The standard InChI is InChI=1S/C15H21N3O3/c1-10-4-3-5-11(2)18(10)17-15(21)16-13-8-6-12(7-9-13)14(19)20/h6-11H,3-5H2,1-2H3,(H,19,20)(H2,16,17,21). The highest BCUT2D eigenvalue weighted by Crippen LogP contribution is 2.20. The van der Waals surface area contributed by atoms with Crippen LogP contribution in [0.3, 0.4) is 0 Å². The summed E-state index contributed by atoms with van der Waals surface area (Å²) < 4.78 is 0. The van der Waals surface area contributed by atoms with Crippen molar-refractivity contribution >= 4 is 17.7 Å². The number of amides is 2. The molecule has 1 heterocycles. The Balaban J connectivity index is 1.93. The summed E-state index contributed by atoms with van der Waals surface area (Å²) in [7, 11) is 0. The largest absolute Gasteiger partial charge is 0.478 e. The molecule has 6 heteroatoms. The van der Waals surface area contributed by atoms with Gasteiger partial charge in [-0.05, 0) is 51.0 Å². The van der Waals surface area contributed by atoms with E-state index in [0.717, 1.165) is 12.8 Å². The van der Waals surface area contributed by atoms with Gasteiger partial charge < -0.3 is 10.4 Å². The lowest BCUT2D eigenvalue weighted by atomic mass is 10.00. The van der Waals surface area contributed by atoms with Crippen LogP contribution in [0.25, 0.3) is 0 Å². The molecular formula is C15H21N3O3. The van der Waals surface area contributed by atoms with Crippen LogP contribution in [-0.4, -0.2) is 34.2 Å². The molecule has 2 unspecified atom stereocenters. The number of carbonyl (C=O) groups is 2. The van der Waals surface area contributed by atoms with Crippen molar-refractivity contribution in [2.45, 2.75) is 45.2 Å². The van der Waals surface area contributed by atoms with Gasteiger partial charge in [-0.1, -0.05) is 6.42 Å².